The molecule has 0 bridgehead atoms. The Bertz CT molecular complexity index is 1250. The van der Waals surface area contributed by atoms with Gasteiger partial charge in [-0.25, -0.2) is 4.39 Å². The molecule has 0 spiro atoms. The lowest BCUT2D eigenvalue weighted by molar-refractivity contribution is 0.112. The van der Waals surface area contributed by atoms with E-state index in [0.717, 1.165) is 33.7 Å². The molecule has 1 saturated carbocycles. The summed E-state index contributed by atoms with van der Waals surface area (Å²) < 4.78 is 42.5. The van der Waals surface area contributed by atoms with Crippen LogP contribution in [-0.2, 0) is 10.2 Å². The van der Waals surface area contributed by atoms with Crippen LogP contribution in [-0.4, -0.2) is 46.2 Å². The molecule has 2 aliphatic rings. The monoisotopic (exact) mass is 464 g/mol. The normalized spacial score (nSPS) is 18.5. The molecule has 31 heavy (non-hydrogen) atoms. The highest BCUT2D eigenvalue weighted by molar-refractivity contribution is 7.87. The number of nitrogens with one attached hydrogen (secondary N) is 1. The first-order valence-corrected chi connectivity index (χ1v) is 12.0. The molecular weight excluding hydrogens is 443 g/mol. The van der Waals surface area contributed by atoms with Gasteiger partial charge in [0.1, 0.15) is 5.82 Å². The Morgan fingerprint density at radius 3 is 2.42 bits per heavy atom. The van der Waals surface area contributed by atoms with Crippen molar-refractivity contribution < 1.29 is 17.9 Å². The van der Waals surface area contributed by atoms with Gasteiger partial charge in [0.2, 0.25) is 0 Å². The number of aliphatic hydroxyl groups excluding tert-OH is 1. The molecule has 7 nitrogen and oxygen atoms in total. The van der Waals surface area contributed by atoms with Crippen molar-refractivity contribution in [2.24, 2.45) is 0 Å². The van der Waals surface area contributed by atoms with Crippen LogP contribution in [0.25, 0.3) is 10.9 Å². The summed E-state index contributed by atoms with van der Waals surface area (Å²) >= 11 is 5.87. The van der Waals surface area contributed by atoms with E-state index in [1.165, 1.54) is 16.4 Å². The smallest absolute Gasteiger partial charge is 0.323 e. The second kappa shape index (κ2) is 7.74. The number of hydrogen-bond acceptors (Lipinski definition) is 5. The number of nitrogens with zero attached hydrogens (tertiary/aromatic N) is 3. The first kappa shape index (κ1) is 20.7. The van der Waals surface area contributed by atoms with Crippen molar-refractivity contribution in [2.45, 2.75) is 37.7 Å². The van der Waals surface area contributed by atoms with Crippen LogP contribution in [0.15, 0.2) is 36.4 Å². The average molecular weight is 465 g/mol. The molecule has 5 rings (SSSR count). The van der Waals surface area contributed by atoms with Crippen molar-refractivity contribution >= 4 is 44.1 Å². The maximum atomic E-state index is 13.4. The minimum Gasteiger partial charge on any atom is -0.393 e. The fourth-order valence-corrected chi connectivity index (χ4v) is 5.62. The molecule has 2 fully saturated rings. The SMILES string of the molecule is O=S(=O)(N1CCC(O)CC1)n1nc(C2CC2)c2cc(Nc3ccc(F)c(Cl)c3)ccc21. The molecule has 1 saturated heterocycles. The van der Waals surface area contributed by atoms with Crippen molar-refractivity contribution in [1.29, 1.82) is 0 Å². The van der Waals surface area contributed by atoms with Gasteiger partial charge in [0.05, 0.1) is 22.3 Å². The molecule has 2 aromatic carbocycles. The molecule has 0 atom stereocenters. The number of rotatable bonds is 5. The van der Waals surface area contributed by atoms with Crippen molar-refractivity contribution in [2.75, 3.05) is 18.4 Å². The maximum Gasteiger partial charge on any atom is 0.323 e. The molecule has 0 amide bonds. The van der Waals surface area contributed by atoms with E-state index in [-0.39, 0.29) is 24.0 Å². The summed E-state index contributed by atoms with van der Waals surface area (Å²) in [5, 5.41) is 18.2. The lowest BCUT2D eigenvalue weighted by Crippen LogP contribution is -2.43. The fourth-order valence-electron chi connectivity index (χ4n) is 3.95. The lowest BCUT2D eigenvalue weighted by Gasteiger charge is -2.28. The van der Waals surface area contributed by atoms with E-state index in [1.54, 1.807) is 18.2 Å². The molecule has 1 aliphatic carbocycles. The van der Waals surface area contributed by atoms with E-state index in [4.69, 9.17) is 11.6 Å². The molecule has 164 valence electrons. The van der Waals surface area contributed by atoms with Gasteiger partial charge in [-0.15, -0.1) is 4.09 Å². The minimum atomic E-state index is -3.83. The topological polar surface area (TPSA) is 87.5 Å². The highest BCUT2D eigenvalue weighted by atomic mass is 35.5. The number of halogens is 2. The Labute approximate surface area is 184 Å². The van der Waals surface area contributed by atoms with Gasteiger partial charge in [0.25, 0.3) is 0 Å². The molecule has 1 aromatic heterocycles. The largest absolute Gasteiger partial charge is 0.393 e. The van der Waals surface area contributed by atoms with E-state index in [1.807, 2.05) is 6.07 Å². The standard InChI is InChI=1S/C21H22ClFN4O3S/c22-18-12-15(3-5-19(18)23)24-14-4-6-20-17(11-14)21(13-1-2-13)25-27(20)31(29,30)26-9-7-16(28)8-10-26/h3-6,11-13,16,24,28H,1-2,7-10H2. The van der Waals surface area contributed by atoms with Crippen molar-refractivity contribution in [1.82, 2.24) is 13.5 Å². The van der Waals surface area contributed by atoms with Gasteiger partial charge in [-0.2, -0.15) is 17.8 Å². The lowest BCUT2D eigenvalue weighted by atomic mass is 10.1. The van der Waals surface area contributed by atoms with Gasteiger partial charge in [-0.3, -0.25) is 0 Å². The fraction of sp³-hybridized carbons (Fsp3) is 0.381. The highest BCUT2D eigenvalue weighted by Crippen LogP contribution is 2.43. The summed E-state index contributed by atoms with van der Waals surface area (Å²) in [5.41, 5.74) is 2.66. The third-order valence-electron chi connectivity index (χ3n) is 5.82. The molecule has 0 radical (unpaired) electrons. The third-order valence-corrected chi connectivity index (χ3v) is 7.84. The summed E-state index contributed by atoms with van der Waals surface area (Å²) in [4.78, 5) is 0. The van der Waals surface area contributed by atoms with Crippen LogP contribution < -0.4 is 5.32 Å². The van der Waals surface area contributed by atoms with Crippen LogP contribution in [0.2, 0.25) is 5.02 Å². The van der Waals surface area contributed by atoms with Crippen LogP contribution >= 0.6 is 11.6 Å². The van der Waals surface area contributed by atoms with Crippen molar-refractivity contribution in [3.05, 3.63) is 52.9 Å². The second-order valence-electron chi connectivity index (χ2n) is 8.13. The second-order valence-corrected chi connectivity index (χ2v) is 10.3. The number of aliphatic hydroxyl groups is 1. The van der Waals surface area contributed by atoms with Crippen LogP contribution in [0.3, 0.4) is 0 Å². The van der Waals surface area contributed by atoms with Crippen molar-refractivity contribution in [3.63, 3.8) is 0 Å². The molecule has 0 unspecified atom stereocenters. The summed E-state index contributed by atoms with van der Waals surface area (Å²) in [5.74, 6) is -0.243. The van der Waals surface area contributed by atoms with E-state index < -0.39 is 22.1 Å². The number of aromatic nitrogens is 2. The predicted octanol–water partition coefficient (Wildman–Crippen LogP) is 4.00. The van der Waals surface area contributed by atoms with Crippen LogP contribution in [0.5, 0.6) is 0 Å². The van der Waals surface area contributed by atoms with E-state index >= 15 is 0 Å². The van der Waals surface area contributed by atoms with Crippen LogP contribution in [0, 0.1) is 5.82 Å². The van der Waals surface area contributed by atoms with Crippen LogP contribution in [0.1, 0.15) is 37.3 Å². The zero-order valence-corrected chi connectivity index (χ0v) is 18.2. The predicted molar refractivity (Wildman–Crippen MR) is 118 cm³/mol. The first-order valence-electron chi connectivity index (χ1n) is 10.3. The number of hydrogen-bond donors (Lipinski definition) is 2. The number of benzene rings is 2. The van der Waals surface area contributed by atoms with Gasteiger partial charge >= 0.3 is 10.2 Å². The number of anilines is 2. The van der Waals surface area contributed by atoms with Crippen LogP contribution in [0.4, 0.5) is 15.8 Å². The summed E-state index contributed by atoms with van der Waals surface area (Å²) in [7, 11) is -3.83. The van der Waals surface area contributed by atoms with E-state index in [0.29, 0.717) is 24.0 Å². The van der Waals surface area contributed by atoms with Crippen molar-refractivity contribution in [3.8, 4) is 0 Å². The van der Waals surface area contributed by atoms with Gasteiger partial charge in [-0.1, -0.05) is 11.6 Å². The zero-order valence-electron chi connectivity index (χ0n) is 16.6. The highest BCUT2D eigenvalue weighted by Gasteiger charge is 2.34. The Kier molecular flexibility index (Phi) is 5.16. The molecule has 1 aliphatic heterocycles. The minimum absolute atomic E-state index is 0.0234. The van der Waals surface area contributed by atoms with E-state index in [2.05, 4.69) is 10.4 Å². The van der Waals surface area contributed by atoms with Gasteiger partial charge in [0.15, 0.2) is 0 Å². The maximum absolute atomic E-state index is 13.4. The quantitative estimate of drug-likeness (QED) is 0.596. The molecule has 2 heterocycles. The zero-order chi connectivity index (χ0) is 21.8. The first-order chi connectivity index (χ1) is 14.8. The molecular formula is C21H22ClFN4O3S. The molecule has 3 aromatic rings. The summed E-state index contributed by atoms with van der Waals surface area (Å²) in [6.45, 7) is 0.545. The number of fused-ring (bicyclic) bond motifs is 1. The van der Waals surface area contributed by atoms with Gasteiger partial charge in [0, 0.05) is 35.8 Å². The Hall–Kier alpha value is -2.20. The third kappa shape index (κ3) is 3.91. The molecule has 2 N–H and O–H groups in total. The average Bonchev–Trinajstić information content (AvgIpc) is 3.51. The Balaban J connectivity index is 1.53. The Morgan fingerprint density at radius 2 is 1.74 bits per heavy atom. The Morgan fingerprint density at radius 1 is 1.06 bits per heavy atom. The van der Waals surface area contributed by atoms with Gasteiger partial charge < -0.3 is 10.4 Å². The number of piperidine rings is 1. The van der Waals surface area contributed by atoms with E-state index in [9.17, 15) is 17.9 Å². The summed E-state index contributed by atoms with van der Waals surface area (Å²) in [6.07, 6.45) is 2.34. The van der Waals surface area contributed by atoms with Gasteiger partial charge in [-0.05, 0) is 62.1 Å². The summed E-state index contributed by atoms with van der Waals surface area (Å²) in [6, 6.07) is 9.76. The molecule has 10 heteroatoms.